The van der Waals surface area contributed by atoms with Gasteiger partial charge in [0.2, 0.25) is 0 Å². The lowest BCUT2D eigenvalue weighted by Gasteiger charge is -2.37. The average Bonchev–Trinajstić information content (AvgIpc) is 2.72. The van der Waals surface area contributed by atoms with Gasteiger partial charge < -0.3 is 14.7 Å². The van der Waals surface area contributed by atoms with Crippen LogP contribution in [0.4, 0.5) is 32.0 Å². The number of nitrogens with zero attached hydrogens (tertiary/aromatic N) is 1. The minimum absolute atomic E-state index is 0.0943. The van der Waals surface area contributed by atoms with Gasteiger partial charge in [0.05, 0.1) is 5.69 Å². The lowest BCUT2D eigenvalue weighted by molar-refractivity contribution is -0.376. The number of ether oxygens (including phenoxy) is 1. The number of alkyl halides is 6. The standard InChI is InChI=1S/C21H18ClF6NO3S/c1-2-15-10-29(11-18(30)32-14-6-4-13(22)5-7-14)16-8-3-12(9-17(16)33-15)19(31,20(23,24)25)21(26,27)28/h3-9,15,31H,2,10-11H2,1H3/t15-/m0/s1. The van der Waals surface area contributed by atoms with Gasteiger partial charge in [-0.3, -0.25) is 0 Å². The van der Waals surface area contributed by atoms with E-state index < -0.39 is 29.5 Å². The molecule has 1 aliphatic heterocycles. The largest absolute Gasteiger partial charge is 0.430 e. The van der Waals surface area contributed by atoms with Crippen molar-refractivity contribution in [3.8, 4) is 5.75 Å². The third-order valence-corrected chi connectivity index (χ3v) is 6.73. The lowest BCUT2D eigenvalue weighted by Crippen LogP contribution is -2.54. The van der Waals surface area contributed by atoms with Gasteiger partial charge in [0.1, 0.15) is 12.3 Å². The second-order valence-corrected chi connectivity index (χ2v) is 9.12. The highest BCUT2D eigenvalue weighted by atomic mass is 35.5. The van der Waals surface area contributed by atoms with Gasteiger partial charge in [0.15, 0.2) is 0 Å². The summed E-state index contributed by atoms with van der Waals surface area (Å²) < 4.78 is 84.9. The van der Waals surface area contributed by atoms with Gasteiger partial charge in [-0.15, -0.1) is 11.8 Å². The van der Waals surface area contributed by atoms with Crippen molar-refractivity contribution in [2.75, 3.05) is 18.0 Å². The van der Waals surface area contributed by atoms with Crippen LogP contribution in [0.1, 0.15) is 18.9 Å². The van der Waals surface area contributed by atoms with Crippen molar-refractivity contribution in [2.45, 2.75) is 41.4 Å². The number of hydrogen-bond acceptors (Lipinski definition) is 5. The number of halogens is 7. The SMILES string of the molecule is CC[C@H]1CN(CC(=O)Oc2ccc(Cl)cc2)c2ccc(C(O)(C(F)(F)F)C(F)(F)F)cc2S1. The van der Waals surface area contributed by atoms with Crippen LogP contribution >= 0.6 is 23.4 Å². The van der Waals surface area contributed by atoms with Crippen LogP contribution in [-0.4, -0.2) is 41.8 Å². The zero-order chi connectivity index (χ0) is 24.6. The number of thioether (sulfide) groups is 1. The van der Waals surface area contributed by atoms with Crippen molar-refractivity contribution in [3.63, 3.8) is 0 Å². The fourth-order valence-corrected chi connectivity index (χ4v) is 4.75. The third kappa shape index (κ3) is 5.20. The molecule has 180 valence electrons. The van der Waals surface area contributed by atoms with E-state index in [-0.39, 0.29) is 28.1 Å². The molecular formula is C21H18ClF6NO3S. The summed E-state index contributed by atoms with van der Waals surface area (Å²) in [5, 5.41) is 9.95. The summed E-state index contributed by atoms with van der Waals surface area (Å²) in [4.78, 5) is 14.0. The molecule has 0 unspecified atom stereocenters. The molecule has 33 heavy (non-hydrogen) atoms. The van der Waals surface area contributed by atoms with Crippen molar-refractivity contribution in [3.05, 3.63) is 53.1 Å². The fourth-order valence-electron chi connectivity index (χ4n) is 3.33. The fraction of sp³-hybridized carbons (Fsp3) is 0.381. The maximum absolute atomic E-state index is 13.3. The monoisotopic (exact) mass is 513 g/mol. The quantitative estimate of drug-likeness (QED) is 0.304. The van der Waals surface area contributed by atoms with Gasteiger partial charge in [-0.05, 0) is 42.8 Å². The molecule has 0 spiro atoms. The highest BCUT2D eigenvalue weighted by Crippen LogP contribution is 2.52. The number of benzene rings is 2. The number of carbonyl (C=O) groups is 1. The zero-order valence-electron chi connectivity index (χ0n) is 17.0. The minimum atomic E-state index is -5.98. The van der Waals surface area contributed by atoms with Crippen molar-refractivity contribution in [1.82, 2.24) is 0 Å². The number of esters is 1. The Labute approximate surface area is 194 Å². The maximum Gasteiger partial charge on any atom is 0.430 e. The van der Waals surface area contributed by atoms with Crippen LogP contribution in [0, 0.1) is 0 Å². The molecule has 0 aliphatic carbocycles. The molecular weight excluding hydrogens is 496 g/mol. The van der Waals surface area contributed by atoms with E-state index in [9.17, 15) is 36.2 Å². The second-order valence-electron chi connectivity index (χ2n) is 7.35. The Hall–Kier alpha value is -2.11. The molecule has 1 heterocycles. The highest BCUT2D eigenvalue weighted by Gasteiger charge is 2.71. The molecule has 0 bridgehead atoms. The number of anilines is 1. The van der Waals surface area contributed by atoms with Crippen LogP contribution in [0.15, 0.2) is 47.4 Å². The van der Waals surface area contributed by atoms with Crippen molar-refractivity contribution in [2.24, 2.45) is 0 Å². The Morgan fingerprint density at radius 3 is 2.27 bits per heavy atom. The van der Waals surface area contributed by atoms with E-state index >= 15 is 0 Å². The van der Waals surface area contributed by atoms with Gasteiger partial charge in [-0.2, -0.15) is 26.3 Å². The molecule has 0 amide bonds. The molecule has 4 nitrogen and oxygen atoms in total. The number of fused-ring (bicyclic) bond motifs is 1. The van der Waals surface area contributed by atoms with Gasteiger partial charge in [-0.1, -0.05) is 24.6 Å². The molecule has 3 rings (SSSR count). The molecule has 2 aromatic rings. The van der Waals surface area contributed by atoms with Crippen LogP contribution in [0.25, 0.3) is 0 Å². The van der Waals surface area contributed by atoms with Crippen LogP contribution in [-0.2, 0) is 10.4 Å². The molecule has 0 saturated carbocycles. The van der Waals surface area contributed by atoms with Crippen LogP contribution < -0.4 is 9.64 Å². The van der Waals surface area contributed by atoms with Gasteiger partial charge in [0.25, 0.3) is 5.60 Å². The van der Waals surface area contributed by atoms with Gasteiger partial charge >= 0.3 is 18.3 Å². The number of hydrogen-bond donors (Lipinski definition) is 1. The summed E-state index contributed by atoms with van der Waals surface area (Å²) in [5.41, 5.74) is -6.09. The summed E-state index contributed by atoms with van der Waals surface area (Å²) in [6.07, 6.45) is -11.4. The topological polar surface area (TPSA) is 49.8 Å². The molecule has 0 radical (unpaired) electrons. The van der Waals surface area contributed by atoms with E-state index in [1.54, 1.807) is 6.92 Å². The molecule has 12 heteroatoms. The van der Waals surface area contributed by atoms with E-state index in [2.05, 4.69) is 0 Å². The first-order chi connectivity index (χ1) is 15.3. The number of rotatable bonds is 5. The van der Waals surface area contributed by atoms with Crippen molar-refractivity contribution in [1.29, 1.82) is 0 Å². The summed E-state index contributed by atoms with van der Waals surface area (Å²) in [7, 11) is 0. The molecule has 0 fully saturated rings. The maximum atomic E-state index is 13.3. The van der Waals surface area contributed by atoms with Gasteiger partial charge in [-0.25, -0.2) is 4.79 Å². The normalized spacial score (nSPS) is 17.0. The van der Waals surface area contributed by atoms with Crippen molar-refractivity contribution >= 4 is 35.0 Å². The summed E-state index contributed by atoms with van der Waals surface area (Å²) in [5.74, 6) is -0.435. The smallest absolute Gasteiger partial charge is 0.425 e. The molecule has 2 aromatic carbocycles. The van der Waals surface area contributed by atoms with E-state index in [0.717, 1.165) is 17.8 Å². The van der Waals surface area contributed by atoms with Gasteiger partial charge in [0, 0.05) is 27.3 Å². The predicted molar refractivity (Wildman–Crippen MR) is 112 cm³/mol. The number of aliphatic hydroxyl groups is 1. The average molecular weight is 514 g/mol. The minimum Gasteiger partial charge on any atom is -0.425 e. The zero-order valence-corrected chi connectivity index (χ0v) is 18.6. The predicted octanol–water partition coefficient (Wildman–Crippen LogP) is 5.95. The molecule has 1 atom stereocenters. The Kier molecular flexibility index (Phi) is 7.16. The van der Waals surface area contributed by atoms with E-state index in [0.29, 0.717) is 30.1 Å². The summed E-state index contributed by atoms with van der Waals surface area (Å²) in [6, 6.07) is 8.31. The molecule has 1 aliphatic rings. The van der Waals surface area contributed by atoms with Crippen LogP contribution in [0.5, 0.6) is 5.75 Å². The van der Waals surface area contributed by atoms with E-state index in [1.807, 2.05) is 0 Å². The molecule has 1 N–H and O–H groups in total. The number of carbonyl (C=O) groups excluding carboxylic acids is 1. The lowest BCUT2D eigenvalue weighted by atomic mass is 9.92. The van der Waals surface area contributed by atoms with Crippen molar-refractivity contribution < 1.29 is 41.0 Å². The Balaban J connectivity index is 1.92. The molecule has 0 aromatic heterocycles. The van der Waals surface area contributed by atoms with E-state index in [4.69, 9.17) is 16.3 Å². The third-order valence-electron chi connectivity index (χ3n) is 5.08. The first-order valence-corrected chi connectivity index (χ1v) is 10.9. The Bertz CT molecular complexity index is 999. The van der Waals surface area contributed by atoms with E-state index in [1.165, 1.54) is 29.2 Å². The van der Waals surface area contributed by atoms with Crippen LogP contribution in [0.2, 0.25) is 5.02 Å². The first kappa shape index (κ1) is 25.5. The summed E-state index contributed by atoms with van der Waals surface area (Å²) in [6.45, 7) is 1.85. The van der Waals surface area contributed by atoms with Crippen LogP contribution in [0.3, 0.4) is 0 Å². The Morgan fingerprint density at radius 2 is 1.73 bits per heavy atom. The summed E-state index contributed by atoms with van der Waals surface area (Å²) >= 11 is 6.87. The molecule has 0 saturated heterocycles. The highest BCUT2D eigenvalue weighted by molar-refractivity contribution is 8.00. The second kappa shape index (κ2) is 9.27. The Morgan fingerprint density at radius 1 is 1.12 bits per heavy atom. The first-order valence-electron chi connectivity index (χ1n) is 9.64.